The van der Waals surface area contributed by atoms with E-state index in [1.807, 2.05) is 13.2 Å². The van der Waals surface area contributed by atoms with Crippen molar-refractivity contribution >= 4 is 15.9 Å². The molecule has 2 rings (SSSR count). The molecule has 1 atom stereocenters. The average molecular weight is 319 g/mol. The maximum atomic E-state index is 4.47. The fourth-order valence-electron chi connectivity index (χ4n) is 2.26. The van der Waals surface area contributed by atoms with Crippen LogP contribution in [0.2, 0.25) is 0 Å². The number of aryl methyl sites for hydroxylation is 1. The second kappa shape index (κ2) is 6.83. The summed E-state index contributed by atoms with van der Waals surface area (Å²) >= 11 is 3.42. The molecule has 100 valence electrons. The number of nitrogens with one attached hydrogen (secondary N) is 1. The van der Waals surface area contributed by atoms with Crippen LogP contribution in [0.15, 0.2) is 47.1 Å². The highest BCUT2D eigenvalue weighted by Crippen LogP contribution is 2.21. The molecular formula is C16H19BrN2. The summed E-state index contributed by atoms with van der Waals surface area (Å²) in [4.78, 5) is 4.47. The maximum absolute atomic E-state index is 4.47. The lowest BCUT2D eigenvalue weighted by Gasteiger charge is -2.17. The first kappa shape index (κ1) is 14.2. The van der Waals surface area contributed by atoms with Gasteiger partial charge in [-0.05, 0) is 54.0 Å². The summed E-state index contributed by atoms with van der Waals surface area (Å²) in [6, 6.07) is 12.9. The topological polar surface area (TPSA) is 24.9 Å². The van der Waals surface area contributed by atoms with Crippen molar-refractivity contribution in [3.8, 4) is 0 Å². The summed E-state index contributed by atoms with van der Waals surface area (Å²) in [5.74, 6) is 0.457. The third kappa shape index (κ3) is 4.15. The Morgan fingerprint density at radius 2 is 2.11 bits per heavy atom. The molecule has 0 fully saturated rings. The van der Waals surface area contributed by atoms with Gasteiger partial charge in [0.25, 0.3) is 0 Å². The van der Waals surface area contributed by atoms with E-state index in [0.29, 0.717) is 5.92 Å². The third-order valence-electron chi connectivity index (χ3n) is 3.21. The number of likely N-dealkylation sites (N-methyl/N-ethyl adjacent to an activating group) is 1. The molecule has 1 unspecified atom stereocenters. The van der Waals surface area contributed by atoms with E-state index in [-0.39, 0.29) is 0 Å². The maximum Gasteiger partial charge on any atom is 0.0413 e. The predicted molar refractivity (Wildman–Crippen MR) is 83.5 cm³/mol. The first-order valence-electron chi connectivity index (χ1n) is 6.50. The molecule has 3 heteroatoms. The monoisotopic (exact) mass is 318 g/mol. The molecule has 0 amide bonds. The first-order valence-corrected chi connectivity index (χ1v) is 7.30. The molecule has 0 bridgehead atoms. The minimum absolute atomic E-state index is 0.457. The summed E-state index contributed by atoms with van der Waals surface area (Å²) in [6.45, 7) is 3.10. The molecule has 0 aliphatic rings. The van der Waals surface area contributed by atoms with Gasteiger partial charge in [0.2, 0.25) is 0 Å². The Kier molecular flexibility index (Phi) is 5.11. The molecule has 1 aromatic heterocycles. The lowest BCUT2D eigenvalue weighted by atomic mass is 9.93. The zero-order valence-electron chi connectivity index (χ0n) is 11.4. The minimum atomic E-state index is 0.457. The van der Waals surface area contributed by atoms with Crippen molar-refractivity contribution in [3.63, 3.8) is 0 Å². The number of aromatic nitrogens is 1. The lowest BCUT2D eigenvalue weighted by molar-refractivity contribution is 0.618. The smallest absolute Gasteiger partial charge is 0.0413 e. The van der Waals surface area contributed by atoms with E-state index in [1.54, 1.807) is 0 Å². The second-order valence-electron chi connectivity index (χ2n) is 4.84. The van der Waals surface area contributed by atoms with Crippen molar-refractivity contribution in [2.45, 2.75) is 19.3 Å². The molecule has 19 heavy (non-hydrogen) atoms. The zero-order chi connectivity index (χ0) is 13.7. The minimum Gasteiger partial charge on any atom is -0.319 e. The highest BCUT2D eigenvalue weighted by atomic mass is 79.9. The molecule has 0 saturated carbocycles. The number of pyridine rings is 1. The van der Waals surface area contributed by atoms with Crippen molar-refractivity contribution in [1.29, 1.82) is 0 Å². The number of hydrogen-bond donors (Lipinski definition) is 1. The van der Waals surface area contributed by atoms with Crippen LogP contribution in [-0.4, -0.2) is 18.6 Å². The molecule has 2 aromatic rings. The van der Waals surface area contributed by atoms with Crippen LogP contribution in [0.5, 0.6) is 0 Å². The van der Waals surface area contributed by atoms with Gasteiger partial charge in [0.05, 0.1) is 0 Å². The van der Waals surface area contributed by atoms with Gasteiger partial charge in [0, 0.05) is 28.8 Å². The zero-order valence-corrected chi connectivity index (χ0v) is 12.9. The fourth-order valence-corrected chi connectivity index (χ4v) is 2.49. The second-order valence-corrected chi connectivity index (χ2v) is 5.76. The highest BCUT2D eigenvalue weighted by molar-refractivity contribution is 9.10. The van der Waals surface area contributed by atoms with Crippen LogP contribution in [-0.2, 0) is 6.42 Å². The molecule has 0 saturated heterocycles. The van der Waals surface area contributed by atoms with Gasteiger partial charge in [0.15, 0.2) is 0 Å². The Hall–Kier alpha value is -1.19. The van der Waals surface area contributed by atoms with Crippen molar-refractivity contribution in [2.24, 2.45) is 0 Å². The summed E-state index contributed by atoms with van der Waals surface area (Å²) < 4.78 is 1.02. The van der Waals surface area contributed by atoms with Gasteiger partial charge in [-0.3, -0.25) is 4.98 Å². The Morgan fingerprint density at radius 1 is 1.26 bits per heavy atom. The van der Waals surface area contributed by atoms with Gasteiger partial charge in [-0.2, -0.15) is 0 Å². The normalized spacial score (nSPS) is 12.4. The van der Waals surface area contributed by atoms with Crippen LogP contribution >= 0.6 is 15.9 Å². The Labute approximate surface area is 123 Å². The SMILES string of the molecule is CNCC(Cc1ccc(Br)cn1)c1cccc(C)c1. The van der Waals surface area contributed by atoms with Crippen LogP contribution in [0.4, 0.5) is 0 Å². The fraction of sp³-hybridized carbons (Fsp3) is 0.312. The Morgan fingerprint density at radius 3 is 2.74 bits per heavy atom. The molecular weight excluding hydrogens is 300 g/mol. The first-order chi connectivity index (χ1) is 9.19. The number of halogens is 1. The van der Waals surface area contributed by atoms with E-state index in [9.17, 15) is 0 Å². The van der Waals surface area contributed by atoms with Crippen LogP contribution in [0.25, 0.3) is 0 Å². The van der Waals surface area contributed by atoms with Crippen LogP contribution < -0.4 is 5.32 Å². The van der Waals surface area contributed by atoms with Crippen LogP contribution in [0.3, 0.4) is 0 Å². The van der Waals surface area contributed by atoms with Crippen molar-refractivity contribution < 1.29 is 0 Å². The van der Waals surface area contributed by atoms with E-state index >= 15 is 0 Å². The predicted octanol–water partition coefficient (Wildman–Crippen LogP) is 3.70. The van der Waals surface area contributed by atoms with Gasteiger partial charge in [-0.1, -0.05) is 29.8 Å². The molecule has 0 aliphatic heterocycles. The van der Waals surface area contributed by atoms with Crippen LogP contribution in [0, 0.1) is 6.92 Å². The molecule has 1 heterocycles. The summed E-state index contributed by atoms with van der Waals surface area (Å²) in [6.07, 6.45) is 2.82. The van der Waals surface area contributed by atoms with E-state index in [0.717, 1.165) is 23.1 Å². The number of hydrogen-bond acceptors (Lipinski definition) is 2. The largest absolute Gasteiger partial charge is 0.319 e. The molecule has 0 spiro atoms. The van der Waals surface area contributed by atoms with Gasteiger partial charge in [-0.25, -0.2) is 0 Å². The Balaban J connectivity index is 2.18. The number of nitrogens with zero attached hydrogens (tertiary/aromatic N) is 1. The summed E-state index contributed by atoms with van der Waals surface area (Å²) in [7, 11) is 2.00. The van der Waals surface area contributed by atoms with Crippen molar-refractivity contribution in [1.82, 2.24) is 10.3 Å². The van der Waals surface area contributed by atoms with E-state index in [2.05, 4.69) is 69.6 Å². The molecule has 0 aliphatic carbocycles. The summed E-state index contributed by atoms with van der Waals surface area (Å²) in [5, 5.41) is 3.28. The highest BCUT2D eigenvalue weighted by Gasteiger charge is 2.12. The van der Waals surface area contributed by atoms with Gasteiger partial charge >= 0.3 is 0 Å². The van der Waals surface area contributed by atoms with E-state index in [1.165, 1.54) is 11.1 Å². The summed E-state index contributed by atoms with van der Waals surface area (Å²) in [5.41, 5.74) is 3.81. The van der Waals surface area contributed by atoms with Gasteiger partial charge < -0.3 is 5.32 Å². The quantitative estimate of drug-likeness (QED) is 0.909. The molecule has 1 aromatic carbocycles. The van der Waals surface area contributed by atoms with E-state index in [4.69, 9.17) is 0 Å². The standard InChI is InChI=1S/C16H19BrN2/c1-12-4-3-5-13(8-12)14(10-18-2)9-16-7-6-15(17)11-19-16/h3-8,11,14,18H,9-10H2,1-2H3. The third-order valence-corrected chi connectivity index (χ3v) is 3.68. The molecule has 0 radical (unpaired) electrons. The number of rotatable bonds is 5. The lowest BCUT2D eigenvalue weighted by Crippen LogP contribution is -2.19. The van der Waals surface area contributed by atoms with Crippen molar-refractivity contribution in [3.05, 3.63) is 63.9 Å². The molecule has 2 nitrogen and oxygen atoms in total. The average Bonchev–Trinajstić information content (AvgIpc) is 2.41. The molecule has 1 N–H and O–H groups in total. The van der Waals surface area contributed by atoms with Gasteiger partial charge in [0.1, 0.15) is 0 Å². The Bertz CT molecular complexity index is 523. The van der Waals surface area contributed by atoms with E-state index < -0.39 is 0 Å². The van der Waals surface area contributed by atoms with Crippen LogP contribution in [0.1, 0.15) is 22.7 Å². The van der Waals surface area contributed by atoms with Gasteiger partial charge in [-0.15, -0.1) is 0 Å². The van der Waals surface area contributed by atoms with Crippen molar-refractivity contribution in [2.75, 3.05) is 13.6 Å². The number of benzene rings is 1.